The van der Waals surface area contributed by atoms with E-state index < -0.39 is 5.54 Å². The van der Waals surface area contributed by atoms with Gasteiger partial charge in [0.1, 0.15) is 5.75 Å². The molecule has 1 unspecified atom stereocenters. The molecule has 0 heterocycles. The van der Waals surface area contributed by atoms with Crippen molar-refractivity contribution in [1.82, 2.24) is 0 Å². The van der Waals surface area contributed by atoms with E-state index in [4.69, 9.17) is 15.6 Å². The number of aliphatic hydroxyl groups excluding tert-OH is 1. The van der Waals surface area contributed by atoms with Gasteiger partial charge in [0.2, 0.25) is 0 Å². The molecule has 0 amide bonds. The molecule has 0 aromatic heterocycles. The first-order chi connectivity index (χ1) is 7.94. The second-order valence-electron chi connectivity index (χ2n) is 5.14. The highest BCUT2D eigenvalue weighted by Crippen LogP contribution is 2.20. The summed E-state index contributed by atoms with van der Waals surface area (Å²) in [5, 5.41) is 9.03. The summed E-state index contributed by atoms with van der Waals surface area (Å²) in [5.74, 6) is 1.36. The summed E-state index contributed by atoms with van der Waals surface area (Å²) < 4.78 is 5.64. The highest BCUT2D eigenvalue weighted by Gasteiger charge is 2.16. The van der Waals surface area contributed by atoms with Crippen LogP contribution in [0.25, 0.3) is 0 Å². The molecule has 3 N–H and O–H groups in total. The van der Waals surface area contributed by atoms with Crippen LogP contribution in [0.2, 0.25) is 0 Å². The quantitative estimate of drug-likeness (QED) is 0.798. The van der Waals surface area contributed by atoms with Crippen LogP contribution in [-0.4, -0.2) is 23.9 Å². The van der Waals surface area contributed by atoms with Crippen LogP contribution in [0.15, 0.2) is 24.3 Å². The average molecular weight is 237 g/mol. The smallest absolute Gasteiger partial charge is 0.119 e. The summed E-state index contributed by atoms with van der Waals surface area (Å²) in [4.78, 5) is 0. The summed E-state index contributed by atoms with van der Waals surface area (Å²) >= 11 is 0. The van der Waals surface area contributed by atoms with E-state index in [1.807, 2.05) is 19.1 Å². The second-order valence-corrected chi connectivity index (χ2v) is 5.14. The SMILES string of the molecule is CC(C)c1cccc(OCCC(C)(N)CO)c1. The lowest BCUT2D eigenvalue weighted by atomic mass is 10.0. The summed E-state index contributed by atoms with van der Waals surface area (Å²) in [7, 11) is 0. The first kappa shape index (κ1) is 14.0. The summed E-state index contributed by atoms with van der Waals surface area (Å²) in [6, 6.07) is 8.09. The highest BCUT2D eigenvalue weighted by atomic mass is 16.5. The third-order valence-corrected chi connectivity index (χ3v) is 2.83. The van der Waals surface area contributed by atoms with Crippen LogP contribution >= 0.6 is 0 Å². The van der Waals surface area contributed by atoms with Gasteiger partial charge in [-0.25, -0.2) is 0 Å². The topological polar surface area (TPSA) is 55.5 Å². The number of nitrogens with two attached hydrogens (primary N) is 1. The number of rotatable bonds is 6. The molecule has 0 radical (unpaired) electrons. The monoisotopic (exact) mass is 237 g/mol. The van der Waals surface area contributed by atoms with Gasteiger partial charge in [0.05, 0.1) is 13.2 Å². The normalized spacial score (nSPS) is 14.7. The number of hydrogen-bond donors (Lipinski definition) is 2. The van der Waals surface area contributed by atoms with Gasteiger partial charge in [0, 0.05) is 12.0 Å². The predicted molar refractivity (Wildman–Crippen MR) is 70.3 cm³/mol. The van der Waals surface area contributed by atoms with Crippen LogP contribution < -0.4 is 10.5 Å². The zero-order valence-electron chi connectivity index (χ0n) is 10.9. The van der Waals surface area contributed by atoms with Gasteiger partial charge < -0.3 is 15.6 Å². The maximum Gasteiger partial charge on any atom is 0.119 e. The minimum Gasteiger partial charge on any atom is -0.494 e. The van der Waals surface area contributed by atoms with Gasteiger partial charge >= 0.3 is 0 Å². The molecular formula is C14H23NO2. The average Bonchev–Trinajstić information content (AvgIpc) is 2.29. The third kappa shape index (κ3) is 4.75. The highest BCUT2D eigenvalue weighted by molar-refractivity contribution is 5.30. The molecule has 1 atom stereocenters. The lowest BCUT2D eigenvalue weighted by molar-refractivity contribution is 0.175. The lowest BCUT2D eigenvalue weighted by Crippen LogP contribution is -2.41. The van der Waals surface area contributed by atoms with E-state index in [2.05, 4.69) is 26.0 Å². The van der Waals surface area contributed by atoms with Gasteiger partial charge in [0.25, 0.3) is 0 Å². The Labute approximate surface area is 104 Å². The largest absolute Gasteiger partial charge is 0.494 e. The zero-order chi connectivity index (χ0) is 12.9. The van der Waals surface area contributed by atoms with Crippen LogP contribution in [0, 0.1) is 0 Å². The molecule has 96 valence electrons. The molecule has 0 fully saturated rings. The van der Waals surface area contributed by atoms with Crippen LogP contribution in [-0.2, 0) is 0 Å². The molecule has 1 rings (SSSR count). The number of hydrogen-bond acceptors (Lipinski definition) is 3. The summed E-state index contributed by atoms with van der Waals surface area (Å²) in [6.07, 6.45) is 0.634. The molecule has 0 aliphatic rings. The standard InChI is InChI=1S/C14H23NO2/c1-11(2)12-5-4-6-13(9-12)17-8-7-14(3,15)10-16/h4-6,9,11,16H,7-8,10,15H2,1-3H3. The van der Waals surface area contributed by atoms with E-state index in [-0.39, 0.29) is 6.61 Å². The van der Waals surface area contributed by atoms with Crippen LogP contribution in [0.3, 0.4) is 0 Å². The molecule has 0 aliphatic carbocycles. The van der Waals surface area contributed by atoms with E-state index in [0.717, 1.165) is 5.75 Å². The fourth-order valence-corrected chi connectivity index (χ4v) is 1.44. The van der Waals surface area contributed by atoms with Crippen molar-refractivity contribution in [1.29, 1.82) is 0 Å². The Morgan fingerprint density at radius 3 is 2.71 bits per heavy atom. The molecule has 3 nitrogen and oxygen atoms in total. The molecular weight excluding hydrogens is 214 g/mol. The molecule has 17 heavy (non-hydrogen) atoms. The second kappa shape index (κ2) is 6.03. The van der Waals surface area contributed by atoms with Gasteiger partial charge in [0.15, 0.2) is 0 Å². The molecule has 0 aliphatic heterocycles. The zero-order valence-corrected chi connectivity index (χ0v) is 10.9. The lowest BCUT2D eigenvalue weighted by Gasteiger charge is -2.21. The molecule has 0 bridgehead atoms. The fraction of sp³-hybridized carbons (Fsp3) is 0.571. The van der Waals surface area contributed by atoms with Gasteiger partial charge in [-0.2, -0.15) is 0 Å². The van der Waals surface area contributed by atoms with Crippen molar-refractivity contribution in [2.45, 2.75) is 38.6 Å². The van der Waals surface area contributed by atoms with Crippen molar-refractivity contribution in [3.05, 3.63) is 29.8 Å². The van der Waals surface area contributed by atoms with Crippen molar-refractivity contribution in [2.24, 2.45) is 5.73 Å². The van der Waals surface area contributed by atoms with Gasteiger partial charge in [-0.05, 0) is 30.5 Å². The Balaban J connectivity index is 2.50. The third-order valence-electron chi connectivity index (χ3n) is 2.83. The maximum atomic E-state index is 9.03. The Morgan fingerprint density at radius 1 is 1.41 bits per heavy atom. The summed E-state index contributed by atoms with van der Waals surface area (Å²) in [5.41, 5.74) is 6.53. The molecule has 0 saturated heterocycles. The molecule has 3 heteroatoms. The molecule has 1 aromatic rings. The Hall–Kier alpha value is -1.06. The van der Waals surface area contributed by atoms with Crippen molar-refractivity contribution in [2.75, 3.05) is 13.2 Å². The minimum atomic E-state index is -0.560. The fourth-order valence-electron chi connectivity index (χ4n) is 1.44. The van der Waals surface area contributed by atoms with Gasteiger partial charge in [-0.1, -0.05) is 26.0 Å². The Kier molecular flexibility index (Phi) is 4.97. The van der Waals surface area contributed by atoms with E-state index in [9.17, 15) is 0 Å². The van der Waals surface area contributed by atoms with E-state index in [0.29, 0.717) is 18.9 Å². The summed E-state index contributed by atoms with van der Waals surface area (Å²) in [6.45, 7) is 6.63. The van der Waals surface area contributed by atoms with Crippen molar-refractivity contribution in [3.8, 4) is 5.75 Å². The van der Waals surface area contributed by atoms with Crippen molar-refractivity contribution < 1.29 is 9.84 Å². The first-order valence-corrected chi connectivity index (χ1v) is 6.07. The predicted octanol–water partition coefficient (Wildman–Crippen LogP) is 2.29. The van der Waals surface area contributed by atoms with E-state index in [1.165, 1.54) is 5.56 Å². The molecule has 1 aromatic carbocycles. The number of ether oxygens (including phenoxy) is 1. The van der Waals surface area contributed by atoms with Crippen molar-refractivity contribution in [3.63, 3.8) is 0 Å². The maximum absolute atomic E-state index is 9.03. The van der Waals surface area contributed by atoms with Crippen LogP contribution in [0.4, 0.5) is 0 Å². The molecule has 0 spiro atoms. The minimum absolute atomic E-state index is 0.0254. The van der Waals surface area contributed by atoms with Crippen molar-refractivity contribution >= 4 is 0 Å². The van der Waals surface area contributed by atoms with E-state index >= 15 is 0 Å². The Bertz CT molecular complexity index is 348. The number of benzene rings is 1. The Morgan fingerprint density at radius 2 is 2.12 bits per heavy atom. The first-order valence-electron chi connectivity index (χ1n) is 6.07. The molecule has 0 saturated carbocycles. The van der Waals surface area contributed by atoms with Gasteiger partial charge in [-0.15, -0.1) is 0 Å². The van der Waals surface area contributed by atoms with Crippen LogP contribution in [0.1, 0.15) is 38.7 Å². The van der Waals surface area contributed by atoms with E-state index in [1.54, 1.807) is 0 Å². The van der Waals surface area contributed by atoms with Crippen LogP contribution in [0.5, 0.6) is 5.75 Å². The van der Waals surface area contributed by atoms with Gasteiger partial charge in [-0.3, -0.25) is 0 Å². The number of aliphatic hydroxyl groups is 1.